The Morgan fingerprint density at radius 3 is 2.50 bits per heavy atom. The molecule has 0 saturated heterocycles. The van der Waals surface area contributed by atoms with Gasteiger partial charge in [-0.1, -0.05) is 0 Å². The Bertz CT molecular complexity index is 161. The molecule has 1 aliphatic rings. The molecule has 10 heavy (non-hydrogen) atoms. The van der Waals surface area contributed by atoms with E-state index in [0.29, 0.717) is 6.04 Å². The Morgan fingerprint density at radius 1 is 1.70 bits per heavy atom. The lowest BCUT2D eigenvalue weighted by atomic mass is 10.3. The fraction of sp³-hybridized carbons (Fsp3) is 0.875. The van der Waals surface area contributed by atoms with Gasteiger partial charge in [-0.25, -0.2) is 0 Å². The van der Waals surface area contributed by atoms with Crippen molar-refractivity contribution in [3.8, 4) is 0 Å². The third kappa shape index (κ3) is 1.02. The van der Waals surface area contributed by atoms with Crippen molar-refractivity contribution in [3.63, 3.8) is 0 Å². The molecule has 0 aromatic rings. The average Bonchev–Trinajstić information content (AvgIpc) is 2.17. The van der Waals surface area contributed by atoms with Crippen molar-refractivity contribution in [2.45, 2.75) is 26.8 Å². The summed E-state index contributed by atoms with van der Waals surface area (Å²) in [5, 5.41) is 0. The average molecular weight is 141 g/mol. The highest BCUT2D eigenvalue weighted by Crippen LogP contribution is 2.05. The van der Waals surface area contributed by atoms with Gasteiger partial charge in [0, 0.05) is 6.92 Å². The largest absolute Gasteiger partial charge is 0.262 e. The molecule has 1 aliphatic heterocycles. The lowest BCUT2D eigenvalue weighted by Crippen LogP contribution is -2.28. The maximum absolute atomic E-state index is 2.41. The van der Waals surface area contributed by atoms with Crippen LogP contribution in [0.2, 0.25) is 0 Å². The fourth-order valence-electron chi connectivity index (χ4n) is 1.47. The van der Waals surface area contributed by atoms with Crippen LogP contribution in [0.5, 0.6) is 0 Å². The Morgan fingerprint density at radius 2 is 2.30 bits per heavy atom. The van der Waals surface area contributed by atoms with E-state index in [9.17, 15) is 0 Å². The van der Waals surface area contributed by atoms with Crippen LogP contribution in [0.25, 0.3) is 0 Å². The summed E-state index contributed by atoms with van der Waals surface area (Å²) >= 11 is 0. The van der Waals surface area contributed by atoms with Crippen LogP contribution >= 0.6 is 0 Å². The molecule has 0 saturated carbocycles. The van der Waals surface area contributed by atoms with Crippen LogP contribution in [0.3, 0.4) is 0 Å². The Kier molecular flexibility index (Phi) is 1.97. The number of rotatable bonds is 1. The second-order valence-electron chi connectivity index (χ2n) is 3.05. The van der Waals surface area contributed by atoms with Gasteiger partial charge in [-0.2, -0.15) is 0 Å². The van der Waals surface area contributed by atoms with E-state index in [0.717, 1.165) is 6.54 Å². The summed E-state index contributed by atoms with van der Waals surface area (Å²) in [5.74, 6) is 1.41. The van der Waals surface area contributed by atoms with Crippen molar-refractivity contribution in [3.05, 3.63) is 0 Å². The Hall–Kier alpha value is -0.530. The van der Waals surface area contributed by atoms with Gasteiger partial charge in [0.15, 0.2) is 0 Å². The maximum Gasteiger partial charge on any atom is 0.243 e. The van der Waals surface area contributed by atoms with Gasteiger partial charge in [0.05, 0.1) is 13.6 Å². The predicted molar refractivity (Wildman–Crippen MR) is 43.6 cm³/mol. The monoisotopic (exact) mass is 141 g/mol. The minimum Gasteiger partial charge on any atom is -0.262 e. The molecular formula is C8H17N2+. The second-order valence-corrected chi connectivity index (χ2v) is 3.05. The van der Waals surface area contributed by atoms with Crippen LogP contribution in [0.1, 0.15) is 20.8 Å². The summed E-state index contributed by atoms with van der Waals surface area (Å²) in [6, 6.07) is 0.694. The van der Waals surface area contributed by atoms with Gasteiger partial charge >= 0.3 is 0 Å². The summed E-state index contributed by atoms with van der Waals surface area (Å²) in [5.41, 5.74) is 0. The molecule has 1 heterocycles. The minimum atomic E-state index is 0.694. The molecule has 0 radical (unpaired) electrons. The van der Waals surface area contributed by atoms with E-state index in [1.54, 1.807) is 0 Å². The van der Waals surface area contributed by atoms with Gasteiger partial charge in [0.25, 0.3) is 0 Å². The molecule has 1 unspecified atom stereocenters. The highest BCUT2D eigenvalue weighted by molar-refractivity contribution is 5.75. The topological polar surface area (TPSA) is 6.25 Å². The van der Waals surface area contributed by atoms with Crippen molar-refractivity contribution in [2.75, 3.05) is 20.1 Å². The van der Waals surface area contributed by atoms with Crippen LogP contribution in [-0.4, -0.2) is 41.5 Å². The number of hydrogen-bond acceptors (Lipinski definition) is 1. The first-order chi connectivity index (χ1) is 4.66. The van der Waals surface area contributed by atoms with Gasteiger partial charge in [-0.15, -0.1) is 0 Å². The zero-order chi connectivity index (χ0) is 7.72. The maximum atomic E-state index is 2.41. The van der Waals surface area contributed by atoms with Crippen LogP contribution in [0, 0.1) is 0 Å². The van der Waals surface area contributed by atoms with Crippen molar-refractivity contribution in [2.24, 2.45) is 0 Å². The molecule has 0 aromatic carbocycles. The number of amidine groups is 1. The summed E-state index contributed by atoms with van der Waals surface area (Å²) in [4.78, 5) is 2.34. The second kappa shape index (κ2) is 2.60. The highest BCUT2D eigenvalue weighted by atomic mass is 15.3. The van der Waals surface area contributed by atoms with Crippen LogP contribution < -0.4 is 0 Å². The molecule has 2 nitrogen and oxygen atoms in total. The van der Waals surface area contributed by atoms with E-state index in [4.69, 9.17) is 0 Å². The Labute approximate surface area is 63.2 Å². The fourth-order valence-corrected chi connectivity index (χ4v) is 1.47. The third-order valence-corrected chi connectivity index (χ3v) is 2.50. The smallest absolute Gasteiger partial charge is 0.243 e. The summed E-state index contributed by atoms with van der Waals surface area (Å²) in [6.45, 7) is 8.99. The number of nitrogens with zero attached hydrogens (tertiary/aromatic N) is 2. The molecule has 2 heteroatoms. The van der Waals surface area contributed by atoms with Crippen molar-refractivity contribution < 1.29 is 4.58 Å². The lowest BCUT2D eigenvalue weighted by Gasteiger charge is -2.07. The molecular weight excluding hydrogens is 124 g/mol. The zero-order valence-corrected chi connectivity index (χ0v) is 7.39. The van der Waals surface area contributed by atoms with E-state index >= 15 is 0 Å². The molecule has 1 rings (SSSR count). The molecule has 0 bridgehead atoms. The van der Waals surface area contributed by atoms with Crippen LogP contribution in [0.4, 0.5) is 0 Å². The molecule has 0 fully saturated rings. The normalized spacial score (nSPS) is 26.4. The van der Waals surface area contributed by atoms with E-state index < -0.39 is 0 Å². The Balaban J connectivity index is 2.73. The molecule has 0 aliphatic carbocycles. The van der Waals surface area contributed by atoms with E-state index in [2.05, 4.69) is 37.3 Å². The summed E-state index contributed by atoms with van der Waals surface area (Å²) in [7, 11) is 2.16. The molecule has 0 aromatic heterocycles. The standard InChI is InChI=1S/C8H17N2/c1-5-10-6-7(2)9(4)8(10)3/h7H,5-6H2,1-4H3/q+1. The molecule has 1 atom stereocenters. The van der Waals surface area contributed by atoms with Crippen molar-refractivity contribution in [1.82, 2.24) is 4.90 Å². The first kappa shape index (κ1) is 7.58. The van der Waals surface area contributed by atoms with E-state index in [1.165, 1.54) is 12.4 Å². The number of likely N-dealkylation sites (N-methyl/N-ethyl adjacent to an activating group) is 2. The molecule has 58 valence electrons. The van der Waals surface area contributed by atoms with Gasteiger partial charge in [-0.05, 0) is 13.8 Å². The lowest BCUT2D eigenvalue weighted by molar-refractivity contribution is -0.517. The minimum absolute atomic E-state index is 0.694. The predicted octanol–water partition coefficient (Wildman–Crippen LogP) is 0.771. The quantitative estimate of drug-likeness (QED) is 0.489. The van der Waals surface area contributed by atoms with Gasteiger partial charge < -0.3 is 0 Å². The first-order valence-corrected chi connectivity index (χ1v) is 3.98. The zero-order valence-electron chi connectivity index (χ0n) is 7.39. The van der Waals surface area contributed by atoms with E-state index in [1.807, 2.05) is 0 Å². The highest BCUT2D eigenvalue weighted by Gasteiger charge is 2.28. The third-order valence-electron chi connectivity index (χ3n) is 2.50. The van der Waals surface area contributed by atoms with Crippen molar-refractivity contribution >= 4 is 5.84 Å². The van der Waals surface area contributed by atoms with Gasteiger partial charge in [0.1, 0.15) is 12.6 Å². The van der Waals surface area contributed by atoms with E-state index in [-0.39, 0.29) is 0 Å². The van der Waals surface area contributed by atoms with Crippen molar-refractivity contribution in [1.29, 1.82) is 0 Å². The summed E-state index contributed by atoms with van der Waals surface area (Å²) < 4.78 is 2.41. The van der Waals surface area contributed by atoms with Crippen LogP contribution in [-0.2, 0) is 0 Å². The number of hydrogen-bond donors (Lipinski definition) is 0. The van der Waals surface area contributed by atoms with Crippen LogP contribution in [0.15, 0.2) is 0 Å². The molecule has 0 amide bonds. The summed E-state index contributed by atoms with van der Waals surface area (Å²) in [6.07, 6.45) is 0. The van der Waals surface area contributed by atoms with Gasteiger partial charge in [0.2, 0.25) is 5.84 Å². The SMILES string of the molecule is CC[N+]1=C(C)N(C)C(C)C1. The van der Waals surface area contributed by atoms with Gasteiger partial charge in [-0.3, -0.25) is 9.48 Å². The molecule has 0 spiro atoms. The molecule has 0 N–H and O–H groups in total. The first-order valence-electron chi connectivity index (χ1n) is 3.98.